The number of benzene rings is 2. The number of thioether (sulfide) groups is 1. The van der Waals surface area contributed by atoms with Crippen molar-refractivity contribution in [3.63, 3.8) is 0 Å². The number of unbranched alkanes of at least 4 members (excludes halogenated alkanes) is 3. The van der Waals surface area contributed by atoms with E-state index < -0.39 is 23.8 Å². The van der Waals surface area contributed by atoms with Crippen LogP contribution in [0.1, 0.15) is 93.7 Å². The van der Waals surface area contributed by atoms with Gasteiger partial charge in [0, 0.05) is 12.2 Å². The van der Waals surface area contributed by atoms with Crippen LogP contribution in [0.3, 0.4) is 0 Å². The Balaban J connectivity index is 2.61. The van der Waals surface area contributed by atoms with Crippen LogP contribution in [-0.2, 0) is 14.3 Å². The fraction of sp³-hybridized carbons (Fsp3) is 0.559. The summed E-state index contributed by atoms with van der Waals surface area (Å²) in [5, 5.41) is 5.99. The molecule has 2 rings (SSSR count). The minimum atomic E-state index is -0.881. The van der Waals surface area contributed by atoms with E-state index in [1.54, 1.807) is 37.4 Å². The maximum absolute atomic E-state index is 14.5. The number of rotatable bonds is 14. The van der Waals surface area contributed by atoms with Crippen LogP contribution in [0.2, 0.25) is 0 Å². The molecule has 0 radical (unpaired) electrons. The summed E-state index contributed by atoms with van der Waals surface area (Å²) in [6, 6.07) is 10.2. The first-order chi connectivity index (χ1) is 19.8. The molecule has 0 saturated heterocycles. The quantitative estimate of drug-likeness (QED) is 0.218. The minimum Gasteiger partial charge on any atom is -0.444 e. The molecular weight excluding hydrogens is 546 g/mol. The van der Waals surface area contributed by atoms with Gasteiger partial charge in [0.2, 0.25) is 5.91 Å². The standard InChI is InChI=1S/C34H51N3O4S/c1-10-11-12-13-18-37(32(39)28(17-19-42-9)35-33(40)41-34(6,7)8)30(27-21-23(2)20-24(3)22-27)31(38)36-29-25(4)15-14-16-26(29)5/h14-16,20-22,28,30H,10-13,17-19H2,1-9H3,(H,35,40)(H,36,38). The van der Waals surface area contributed by atoms with Gasteiger partial charge in [-0.25, -0.2) is 4.79 Å². The normalized spacial score (nSPS) is 12.8. The molecule has 0 aromatic heterocycles. The third kappa shape index (κ3) is 11.0. The maximum Gasteiger partial charge on any atom is 0.408 e. The van der Waals surface area contributed by atoms with Gasteiger partial charge in [-0.1, -0.05) is 73.7 Å². The highest BCUT2D eigenvalue weighted by Crippen LogP contribution is 2.29. The fourth-order valence-electron chi connectivity index (χ4n) is 5.06. The Bertz CT molecular complexity index is 1170. The third-order valence-corrected chi connectivity index (χ3v) is 7.63. The first kappa shape index (κ1) is 35.2. The van der Waals surface area contributed by atoms with E-state index in [2.05, 4.69) is 23.6 Å². The molecule has 7 nitrogen and oxygen atoms in total. The second-order valence-electron chi connectivity index (χ2n) is 12.2. The van der Waals surface area contributed by atoms with E-state index in [9.17, 15) is 14.4 Å². The number of nitrogens with one attached hydrogen (secondary N) is 2. The summed E-state index contributed by atoms with van der Waals surface area (Å²) in [5.41, 5.74) is 4.73. The van der Waals surface area contributed by atoms with Gasteiger partial charge >= 0.3 is 6.09 Å². The van der Waals surface area contributed by atoms with E-state index in [-0.39, 0.29) is 11.8 Å². The van der Waals surface area contributed by atoms with Crippen molar-refractivity contribution in [1.82, 2.24) is 10.2 Å². The number of alkyl carbamates (subject to hydrolysis) is 1. The molecule has 0 heterocycles. The van der Waals surface area contributed by atoms with Crippen LogP contribution in [0.15, 0.2) is 36.4 Å². The number of hydrogen-bond acceptors (Lipinski definition) is 5. The van der Waals surface area contributed by atoms with Crippen LogP contribution >= 0.6 is 11.8 Å². The van der Waals surface area contributed by atoms with Crippen molar-refractivity contribution >= 4 is 35.4 Å². The van der Waals surface area contributed by atoms with Gasteiger partial charge in [-0.2, -0.15) is 11.8 Å². The summed E-state index contributed by atoms with van der Waals surface area (Å²) >= 11 is 1.60. The van der Waals surface area contributed by atoms with Crippen LogP contribution in [0, 0.1) is 27.7 Å². The Morgan fingerprint density at radius 3 is 2.12 bits per heavy atom. The lowest BCUT2D eigenvalue weighted by Crippen LogP contribution is -2.53. The number of carbonyl (C=O) groups is 3. The molecule has 0 bridgehead atoms. The number of hydrogen-bond donors (Lipinski definition) is 2. The van der Waals surface area contributed by atoms with Gasteiger partial charge in [-0.3, -0.25) is 9.59 Å². The number of para-hydroxylation sites is 1. The molecule has 2 N–H and O–H groups in total. The van der Waals surface area contributed by atoms with Gasteiger partial charge < -0.3 is 20.3 Å². The lowest BCUT2D eigenvalue weighted by Gasteiger charge is -2.35. The molecule has 2 aromatic carbocycles. The molecule has 0 aliphatic carbocycles. The third-order valence-electron chi connectivity index (χ3n) is 6.98. The lowest BCUT2D eigenvalue weighted by atomic mass is 9.97. The summed E-state index contributed by atoms with van der Waals surface area (Å²) in [5.74, 6) is 0.105. The molecule has 3 amide bonds. The molecule has 0 aliphatic heterocycles. The van der Waals surface area contributed by atoms with Crippen LogP contribution < -0.4 is 10.6 Å². The smallest absolute Gasteiger partial charge is 0.408 e. The molecule has 2 unspecified atom stereocenters. The molecule has 0 fully saturated rings. The molecule has 42 heavy (non-hydrogen) atoms. The topological polar surface area (TPSA) is 87.7 Å². The predicted molar refractivity (Wildman–Crippen MR) is 175 cm³/mol. The van der Waals surface area contributed by atoms with Crippen molar-refractivity contribution in [3.05, 3.63) is 64.2 Å². The van der Waals surface area contributed by atoms with Crippen molar-refractivity contribution in [2.24, 2.45) is 0 Å². The first-order valence-electron chi connectivity index (χ1n) is 15.0. The highest BCUT2D eigenvalue weighted by Gasteiger charge is 2.36. The lowest BCUT2D eigenvalue weighted by molar-refractivity contribution is -0.141. The van der Waals surface area contributed by atoms with Gasteiger partial charge in [-0.05, 0) is 90.0 Å². The fourth-order valence-corrected chi connectivity index (χ4v) is 5.53. The molecule has 8 heteroatoms. The zero-order chi connectivity index (χ0) is 31.4. The molecule has 2 aromatic rings. The number of aryl methyl sites for hydroxylation is 4. The van der Waals surface area contributed by atoms with Crippen LogP contribution in [0.5, 0.6) is 0 Å². The zero-order valence-corrected chi connectivity index (χ0v) is 27.9. The second-order valence-corrected chi connectivity index (χ2v) is 13.1. The van der Waals surface area contributed by atoms with Crippen molar-refractivity contribution < 1.29 is 19.1 Å². The summed E-state index contributed by atoms with van der Waals surface area (Å²) in [4.78, 5) is 43.3. The highest BCUT2D eigenvalue weighted by atomic mass is 32.2. The van der Waals surface area contributed by atoms with E-state index in [0.717, 1.165) is 59.2 Å². The Morgan fingerprint density at radius 2 is 1.57 bits per heavy atom. The van der Waals surface area contributed by atoms with Gasteiger partial charge in [0.05, 0.1) is 0 Å². The van der Waals surface area contributed by atoms with Gasteiger partial charge in [0.1, 0.15) is 17.7 Å². The Hall–Kier alpha value is -3.00. The molecule has 232 valence electrons. The largest absolute Gasteiger partial charge is 0.444 e. The minimum absolute atomic E-state index is 0.276. The van der Waals surface area contributed by atoms with Crippen LogP contribution in [-0.4, -0.2) is 53.0 Å². The average Bonchev–Trinajstić information content (AvgIpc) is 2.88. The summed E-state index contributed by atoms with van der Waals surface area (Å²) < 4.78 is 5.51. The summed E-state index contributed by atoms with van der Waals surface area (Å²) in [6.45, 7) is 15.8. The van der Waals surface area contributed by atoms with Gasteiger partial charge in [-0.15, -0.1) is 0 Å². The van der Waals surface area contributed by atoms with E-state index in [1.165, 1.54) is 0 Å². The number of carbonyl (C=O) groups excluding carboxylic acids is 3. The molecule has 0 aliphatic rings. The molecule has 0 saturated carbocycles. The monoisotopic (exact) mass is 597 g/mol. The number of nitrogens with zero attached hydrogens (tertiary/aromatic N) is 1. The Morgan fingerprint density at radius 1 is 0.952 bits per heavy atom. The van der Waals surface area contributed by atoms with E-state index in [1.807, 2.05) is 64.3 Å². The predicted octanol–water partition coefficient (Wildman–Crippen LogP) is 7.66. The van der Waals surface area contributed by atoms with Crippen molar-refractivity contribution in [2.75, 3.05) is 23.9 Å². The van der Waals surface area contributed by atoms with Crippen molar-refractivity contribution in [3.8, 4) is 0 Å². The molecule has 0 spiro atoms. The van der Waals surface area contributed by atoms with Crippen LogP contribution in [0.4, 0.5) is 10.5 Å². The first-order valence-corrected chi connectivity index (χ1v) is 16.4. The average molecular weight is 598 g/mol. The zero-order valence-electron chi connectivity index (χ0n) is 27.1. The molecular formula is C34H51N3O4S. The van der Waals surface area contributed by atoms with Crippen molar-refractivity contribution in [1.29, 1.82) is 0 Å². The Kier molecular flexibility index (Phi) is 13.9. The second kappa shape index (κ2) is 16.6. The number of anilines is 1. The van der Waals surface area contributed by atoms with E-state index >= 15 is 0 Å². The Labute approximate surface area is 257 Å². The SMILES string of the molecule is CCCCCCN(C(=O)C(CCSC)NC(=O)OC(C)(C)C)C(C(=O)Nc1c(C)cccc1C)c1cc(C)cc(C)c1. The maximum atomic E-state index is 14.5. The number of ether oxygens (including phenoxy) is 1. The van der Waals surface area contributed by atoms with E-state index in [0.29, 0.717) is 18.7 Å². The highest BCUT2D eigenvalue weighted by molar-refractivity contribution is 7.98. The van der Waals surface area contributed by atoms with Crippen molar-refractivity contribution in [2.45, 2.75) is 105 Å². The summed E-state index contributed by atoms with van der Waals surface area (Å²) in [6.07, 6.45) is 5.52. The summed E-state index contributed by atoms with van der Waals surface area (Å²) in [7, 11) is 0. The van der Waals surface area contributed by atoms with Gasteiger partial charge in [0.25, 0.3) is 5.91 Å². The molecule has 2 atom stereocenters. The van der Waals surface area contributed by atoms with Crippen LogP contribution in [0.25, 0.3) is 0 Å². The number of amides is 3. The van der Waals surface area contributed by atoms with Gasteiger partial charge in [0.15, 0.2) is 0 Å². The van der Waals surface area contributed by atoms with E-state index in [4.69, 9.17) is 4.74 Å².